The minimum absolute atomic E-state index is 0.0233. The number of amides is 3. The van der Waals surface area contributed by atoms with Crippen LogP contribution in [0.2, 0.25) is 0 Å². The zero-order valence-corrected chi connectivity index (χ0v) is 21.8. The van der Waals surface area contributed by atoms with Crippen LogP contribution in [0.5, 0.6) is 0 Å². The van der Waals surface area contributed by atoms with Crippen LogP contribution in [0.3, 0.4) is 0 Å². The van der Waals surface area contributed by atoms with E-state index in [1.807, 2.05) is 0 Å². The summed E-state index contributed by atoms with van der Waals surface area (Å²) in [5.41, 5.74) is 0.0102. The van der Waals surface area contributed by atoms with Gasteiger partial charge in [-0.3, -0.25) is 19.2 Å². The number of benzene rings is 1. The van der Waals surface area contributed by atoms with Gasteiger partial charge in [0.05, 0.1) is 43.2 Å². The predicted octanol–water partition coefficient (Wildman–Crippen LogP) is -0.283. The van der Waals surface area contributed by atoms with Crippen LogP contribution in [0, 0.1) is 10.7 Å². The number of nitrogens with one attached hydrogen (secondary N) is 3. The maximum atomic E-state index is 12.8. The summed E-state index contributed by atoms with van der Waals surface area (Å²) in [7, 11) is 0. The van der Waals surface area contributed by atoms with E-state index in [2.05, 4.69) is 16.0 Å². The monoisotopic (exact) mass is 761 g/mol. The normalized spacial score (nSPS) is 11.7. The van der Waals surface area contributed by atoms with E-state index in [1.54, 1.807) is 67.8 Å². The fourth-order valence-corrected chi connectivity index (χ4v) is 6.47. The van der Waals surface area contributed by atoms with Gasteiger partial charge in [-0.05, 0) is 74.7 Å². The number of aliphatic carboxylic acids is 1. The van der Waals surface area contributed by atoms with E-state index in [1.165, 1.54) is 6.92 Å². The van der Waals surface area contributed by atoms with Crippen molar-refractivity contribution in [3.63, 3.8) is 0 Å². The number of halogens is 3. The molecule has 0 aromatic heterocycles. The molecule has 30 heavy (non-hydrogen) atoms. The lowest BCUT2D eigenvalue weighted by atomic mass is 10.1. The fraction of sp³-hybridized carbons (Fsp3) is 0.375. The standard InChI is InChI=1S/C16H18I3N3O8/c1-5(25)14(28)22-13-11(18)8(15(29)20-2-7(26)27)10(17)9(12(13)19)16(30)21-6(3-23)4-24/h5-6,23-25H,2-4H2,1H3,(H,20,29)(H,21,30)(H,22,28)(H,26,27). The van der Waals surface area contributed by atoms with Crippen molar-refractivity contribution in [2.24, 2.45) is 0 Å². The van der Waals surface area contributed by atoms with Gasteiger partial charge in [0.1, 0.15) is 12.6 Å². The molecular formula is C16H18I3N3O8. The van der Waals surface area contributed by atoms with Crippen molar-refractivity contribution in [3.8, 4) is 0 Å². The topological polar surface area (TPSA) is 185 Å². The van der Waals surface area contributed by atoms with E-state index < -0.39 is 55.6 Å². The molecule has 166 valence electrons. The number of hydrogen-bond donors (Lipinski definition) is 7. The first-order valence-corrected chi connectivity index (χ1v) is 11.4. The van der Waals surface area contributed by atoms with Crippen molar-refractivity contribution in [3.05, 3.63) is 21.8 Å². The molecule has 1 atom stereocenters. The van der Waals surface area contributed by atoms with Crippen molar-refractivity contribution >= 4 is 97.2 Å². The molecule has 0 saturated carbocycles. The lowest BCUT2D eigenvalue weighted by Gasteiger charge is -2.21. The number of aliphatic hydroxyl groups is 3. The Balaban J connectivity index is 3.64. The molecule has 0 radical (unpaired) electrons. The molecular weight excluding hydrogens is 743 g/mol. The van der Waals surface area contributed by atoms with E-state index in [-0.39, 0.29) is 27.5 Å². The third-order valence-corrected chi connectivity index (χ3v) is 6.81. The van der Waals surface area contributed by atoms with Gasteiger partial charge in [-0.15, -0.1) is 0 Å². The van der Waals surface area contributed by atoms with Gasteiger partial charge in [-0.1, -0.05) is 0 Å². The molecule has 3 amide bonds. The molecule has 0 fully saturated rings. The van der Waals surface area contributed by atoms with Gasteiger partial charge in [-0.2, -0.15) is 0 Å². The van der Waals surface area contributed by atoms with Crippen LogP contribution in [0.1, 0.15) is 27.6 Å². The van der Waals surface area contributed by atoms with E-state index in [4.69, 9.17) is 5.11 Å². The van der Waals surface area contributed by atoms with Gasteiger partial charge >= 0.3 is 5.97 Å². The van der Waals surface area contributed by atoms with Crippen molar-refractivity contribution in [2.75, 3.05) is 25.1 Å². The molecule has 0 spiro atoms. The predicted molar refractivity (Wildman–Crippen MR) is 130 cm³/mol. The van der Waals surface area contributed by atoms with Crippen LogP contribution in [0.4, 0.5) is 5.69 Å². The molecule has 1 rings (SSSR count). The maximum Gasteiger partial charge on any atom is 0.322 e. The largest absolute Gasteiger partial charge is 0.480 e. The second-order valence-electron chi connectivity index (χ2n) is 5.84. The van der Waals surface area contributed by atoms with Crippen molar-refractivity contribution in [1.82, 2.24) is 10.6 Å². The number of anilines is 1. The van der Waals surface area contributed by atoms with E-state index >= 15 is 0 Å². The van der Waals surface area contributed by atoms with Gasteiger partial charge in [0, 0.05) is 3.57 Å². The lowest BCUT2D eigenvalue weighted by Crippen LogP contribution is -2.41. The Morgan fingerprint density at radius 2 is 1.43 bits per heavy atom. The minimum atomic E-state index is -1.37. The molecule has 0 aliphatic heterocycles. The zero-order valence-electron chi connectivity index (χ0n) is 15.3. The smallest absolute Gasteiger partial charge is 0.322 e. The van der Waals surface area contributed by atoms with E-state index in [0.29, 0.717) is 0 Å². The van der Waals surface area contributed by atoms with Gasteiger partial charge in [0.15, 0.2) is 0 Å². The van der Waals surface area contributed by atoms with Gasteiger partial charge < -0.3 is 36.4 Å². The van der Waals surface area contributed by atoms with Crippen molar-refractivity contribution in [2.45, 2.75) is 19.1 Å². The second kappa shape index (κ2) is 12.3. The number of carboxylic acid groups (broad SMARTS) is 1. The summed E-state index contributed by atoms with van der Waals surface area (Å²) >= 11 is 5.31. The first kappa shape index (κ1) is 27.2. The van der Waals surface area contributed by atoms with Gasteiger partial charge in [0.25, 0.3) is 17.7 Å². The molecule has 1 aromatic carbocycles. The van der Waals surface area contributed by atoms with Crippen molar-refractivity contribution < 1.29 is 39.6 Å². The Labute approximate surface area is 211 Å². The van der Waals surface area contributed by atoms with Crippen LogP contribution >= 0.6 is 67.8 Å². The number of carbonyl (C=O) groups excluding carboxylic acids is 3. The van der Waals surface area contributed by atoms with Crippen LogP contribution in [-0.2, 0) is 9.59 Å². The third-order valence-electron chi connectivity index (χ3n) is 3.57. The summed E-state index contributed by atoms with van der Waals surface area (Å²) in [4.78, 5) is 48.3. The highest BCUT2D eigenvalue weighted by Gasteiger charge is 2.30. The van der Waals surface area contributed by atoms with E-state index in [0.717, 1.165) is 0 Å². The SMILES string of the molecule is CC(O)C(=O)Nc1c(I)c(C(=O)NCC(=O)O)c(I)c(C(=O)NC(CO)CO)c1I. The van der Waals surface area contributed by atoms with Gasteiger partial charge in [-0.25, -0.2) is 0 Å². The minimum Gasteiger partial charge on any atom is -0.480 e. The Kier molecular flexibility index (Phi) is 11.1. The number of rotatable bonds is 9. The van der Waals surface area contributed by atoms with Crippen LogP contribution in [0.15, 0.2) is 0 Å². The zero-order chi connectivity index (χ0) is 23.2. The number of aliphatic hydroxyl groups excluding tert-OH is 3. The number of hydrogen-bond acceptors (Lipinski definition) is 7. The maximum absolute atomic E-state index is 12.8. The molecule has 11 nitrogen and oxygen atoms in total. The summed E-state index contributed by atoms with van der Waals surface area (Å²) < 4.78 is 0.652. The molecule has 1 aromatic rings. The molecule has 7 N–H and O–H groups in total. The lowest BCUT2D eigenvalue weighted by molar-refractivity contribution is -0.135. The number of carboxylic acids is 1. The average molecular weight is 761 g/mol. The van der Waals surface area contributed by atoms with Crippen LogP contribution in [-0.4, -0.2) is 76.0 Å². The average Bonchev–Trinajstić information content (AvgIpc) is 2.67. The highest BCUT2D eigenvalue weighted by atomic mass is 127. The molecule has 1 unspecified atom stereocenters. The molecule has 0 bridgehead atoms. The van der Waals surface area contributed by atoms with E-state index in [9.17, 15) is 34.5 Å². The summed E-state index contributed by atoms with van der Waals surface area (Å²) in [5, 5.41) is 43.8. The summed E-state index contributed by atoms with van der Waals surface area (Å²) in [6.45, 7) is -0.484. The first-order valence-electron chi connectivity index (χ1n) is 8.18. The molecule has 14 heteroatoms. The Morgan fingerprint density at radius 3 is 1.87 bits per heavy atom. The molecule has 0 aliphatic carbocycles. The molecule has 0 aliphatic rings. The van der Waals surface area contributed by atoms with Crippen molar-refractivity contribution in [1.29, 1.82) is 0 Å². The molecule has 0 heterocycles. The second-order valence-corrected chi connectivity index (χ2v) is 9.08. The Hall–Kier alpha value is -0.830. The Bertz CT molecular complexity index is 859. The highest BCUT2D eigenvalue weighted by molar-refractivity contribution is 14.1. The summed E-state index contributed by atoms with van der Waals surface area (Å²) in [6, 6.07) is -0.955. The van der Waals surface area contributed by atoms with Crippen LogP contribution in [0.25, 0.3) is 0 Å². The summed E-state index contributed by atoms with van der Waals surface area (Å²) in [6.07, 6.45) is -1.37. The quantitative estimate of drug-likeness (QED) is 0.168. The Morgan fingerprint density at radius 1 is 0.933 bits per heavy atom. The number of carbonyl (C=O) groups is 4. The summed E-state index contributed by atoms with van der Waals surface area (Å²) in [5.74, 6) is -3.56. The molecule has 0 saturated heterocycles. The van der Waals surface area contributed by atoms with Gasteiger partial charge in [0.2, 0.25) is 0 Å². The first-order chi connectivity index (χ1) is 14.0. The third kappa shape index (κ3) is 6.84. The fourth-order valence-electron chi connectivity index (χ4n) is 2.05. The highest BCUT2D eigenvalue weighted by Crippen LogP contribution is 2.36. The van der Waals surface area contributed by atoms with Crippen LogP contribution < -0.4 is 16.0 Å².